The first-order valence-electron chi connectivity index (χ1n) is 5.71. The predicted molar refractivity (Wildman–Crippen MR) is 74.1 cm³/mol. The Balaban J connectivity index is 1.98. The molecule has 5 nitrogen and oxygen atoms in total. The molecule has 0 aliphatic heterocycles. The third-order valence-corrected chi connectivity index (χ3v) is 3.04. The second kappa shape index (κ2) is 5.88. The van der Waals surface area contributed by atoms with Crippen LogP contribution in [0.1, 0.15) is 12.7 Å². The first-order chi connectivity index (χ1) is 9.06. The number of hydrogen-bond donors (Lipinski definition) is 1. The lowest BCUT2D eigenvalue weighted by atomic mass is 10.3. The van der Waals surface area contributed by atoms with Crippen LogP contribution < -0.4 is 10.1 Å². The zero-order valence-corrected chi connectivity index (χ0v) is 12.1. The number of nitrogens with one attached hydrogen (secondary N) is 1. The Morgan fingerprint density at radius 1 is 1.47 bits per heavy atom. The molecule has 1 aromatic carbocycles. The van der Waals surface area contributed by atoms with Gasteiger partial charge in [-0.2, -0.15) is 0 Å². The van der Waals surface area contributed by atoms with Crippen molar-refractivity contribution in [2.24, 2.45) is 0 Å². The third kappa shape index (κ3) is 3.57. The van der Waals surface area contributed by atoms with Crippen LogP contribution in [0.5, 0.6) is 5.75 Å². The van der Waals surface area contributed by atoms with Gasteiger partial charge >= 0.3 is 0 Å². The van der Waals surface area contributed by atoms with Crippen LogP contribution in [0, 0.1) is 6.92 Å². The Labute approximate surface area is 119 Å². The first kappa shape index (κ1) is 13.6. The van der Waals surface area contributed by atoms with Gasteiger partial charge in [0.1, 0.15) is 11.5 Å². The monoisotopic (exact) mass is 324 g/mol. The lowest BCUT2D eigenvalue weighted by Crippen LogP contribution is -2.30. The molecule has 0 unspecified atom stereocenters. The molecule has 1 atom stereocenters. The molecule has 0 bridgehead atoms. The van der Waals surface area contributed by atoms with Gasteiger partial charge in [0.2, 0.25) is 0 Å². The van der Waals surface area contributed by atoms with Crippen molar-refractivity contribution in [2.45, 2.75) is 20.0 Å². The molecule has 0 aliphatic rings. The van der Waals surface area contributed by atoms with Gasteiger partial charge in [-0.15, -0.1) is 0 Å². The van der Waals surface area contributed by atoms with Gasteiger partial charge in [0.25, 0.3) is 5.91 Å². The van der Waals surface area contributed by atoms with Gasteiger partial charge in [0.05, 0.1) is 4.47 Å². The molecule has 0 saturated heterocycles. The minimum Gasteiger partial charge on any atom is -0.480 e. The van der Waals surface area contributed by atoms with Gasteiger partial charge in [-0.05, 0) is 41.9 Å². The highest BCUT2D eigenvalue weighted by Gasteiger charge is 2.17. The van der Waals surface area contributed by atoms with E-state index >= 15 is 0 Å². The molecule has 1 heterocycles. The van der Waals surface area contributed by atoms with E-state index in [1.54, 1.807) is 26.0 Å². The molecule has 0 spiro atoms. The number of aromatic nitrogens is 1. The molecule has 0 radical (unpaired) electrons. The SMILES string of the molecule is Cc1cc(NC(=O)[C@@H](C)Oc2ccccc2Br)no1. The number of anilines is 1. The quantitative estimate of drug-likeness (QED) is 0.938. The van der Waals surface area contributed by atoms with Gasteiger partial charge < -0.3 is 14.6 Å². The van der Waals surface area contributed by atoms with Gasteiger partial charge in [0, 0.05) is 6.07 Å². The highest BCUT2D eigenvalue weighted by Crippen LogP contribution is 2.25. The maximum Gasteiger partial charge on any atom is 0.266 e. The number of ether oxygens (including phenoxy) is 1. The summed E-state index contributed by atoms with van der Waals surface area (Å²) < 4.78 is 11.2. The second-order valence-electron chi connectivity index (χ2n) is 4.00. The minimum absolute atomic E-state index is 0.288. The fourth-order valence-electron chi connectivity index (χ4n) is 1.44. The van der Waals surface area contributed by atoms with Crippen molar-refractivity contribution in [3.05, 3.63) is 40.6 Å². The molecular weight excluding hydrogens is 312 g/mol. The molecule has 1 amide bonds. The average Bonchev–Trinajstić information content (AvgIpc) is 2.77. The molecule has 0 fully saturated rings. The van der Waals surface area contributed by atoms with Gasteiger partial charge in [-0.3, -0.25) is 4.79 Å². The highest BCUT2D eigenvalue weighted by molar-refractivity contribution is 9.10. The van der Waals surface area contributed by atoms with Crippen molar-refractivity contribution in [3.8, 4) is 5.75 Å². The van der Waals surface area contributed by atoms with Crippen LogP contribution in [0.4, 0.5) is 5.82 Å². The van der Waals surface area contributed by atoms with Gasteiger partial charge in [-0.25, -0.2) is 0 Å². The van der Waals surface area contributed by atoms with E-state index in [1.807, 2.05) is 18.2 Å². The van der Waals surface area contributed by atoms with E-state index in [9.17, 15) is 4.79 Å². The number of amides is 1. The highest BCUT2D eigenvalue weighted by atomic mass is 79.9. The Morgan fingerprint density at radius 3 is 2.84 bits per heavy atom. The molecule has 0 saturated carbocycles. The summed E-state index contributed by atoms with van der Waals surface area (Å²) in [4.78, 5) is 11.9. The van der Waals surface area contributed by atoms with Crippen LogP contribution in [0.15, 0.2) is 39.3 Å². The summed E-state index contributed by atoms with van der Waals surface area (Å²) in [7, 11) is 0. The number of nitrogens with zero attached hydrogens (tertiary/aromatic N) is 1. The van der Waals surface area contributed by atoms with Crippen LogP contribution in [-0.4, -0.2) is 17.2 Å². The number of hydrogen-bond acceptors (Lipinski definition) is 4. The first-order valence-corrected chi connectivity index (χ1v) is 6.51. The fraction of sp³-hybridized carbons (Fsp3) is 0.231. The summed E-state index contributed by atoms with van der Waals surface area (Å²) in [5, 5.41) is 6.31. The van der Waals surface area contributed by atoms with E-state index in [4.69, 9.17) is 9.26 Å². The number of rotatable bonds is 4. The number of aryl methyl sites for hydroxylation is 1. The number of halogens is 1. The maximum absolute atomic E-state index is 11.9. The number of carbonyl (C=O) groups is 1. The van der Waals surface area contributed by atoms with Crippen molar-refractivity contribution in [2.75, 3.05) is 5.32 Å². The topological polar surface area (TPSA) is 64.4 Å². The molecule has 0 aliphatic carbocycles. The number of para-hydroxylation sites is 1. The Hall–Kier alpha value is -1.82. The van der Waals surface area contributed by atoms with E-state index in [-0.39, 0.29) is 5.91 Å². The summed E-state index contributed by atoms with van der Waals surface area (Å²) in [6.07, 6.45) is -0.643. The number of carbonyl (C=O) groups excluding carboxylic acids is 1. The van der Waals surface area contributed by atoms with Gasteiger partial charge in [0.15, 0.2) is 11.9 Å². The molecule has 100 valence electrons. The van der Waals surface area contributed by atoms with Crippen LogP contribution in [0.25, 0.3) is 0 Å². The molecule has 2 aromatic rings. The summed E-state index contributed by atoms with van der Waals surface area (Å²) in [6, 6.07) is 8.99. The van der Waals surface area contributed by atoms with Crippen LogP contribution in [-0.2, 0) is 4.79 Å². The maximum atomic E-state index is 11.9. The lowest BCUT2D eigenvalue weighted by Gasteiger charge is -2.14. The van der Waals surface area contributed by atoms with Crippen molar-refractivity contribution in [3.63, 3.8) is 0 Å². The van der Waals surface area contributed by atoms with Crippen molar-refractivity contribution in [1.29, 1.82) is 0 Å². The van der Waals surface area contributed by atoms with E-state index in [1.165, 1.54) is 0 Å². The van der Waals surface area contributed by atoms with E-state index in [2.05, 4.69) is 26.4 Å². The molecule has 19 heavy (non-hydrogen) atoms. The fourth-order valence-corrected chi connectivity index (χ4v) is 1.82. The lowest BCUT2D eigenvalue weighted by molar-refractivity contribution is -0.122. The van der Waals surface area contributed by atoms with Crippen molar-refractivity contribution < 1.29 is 14.1 Å². The third-order valence-electron chi connectivity index (χ3n) is 2.39. The molecule has 2 rings (SSSR count). The van der Waals surface area contributed by atoms with Crippen molar-refractivity contribution in [1.82, 2.24) is 5.16 Å². The zero-order chi connectivity index (χ0) is 13.8. The standard InChI is InChI=1S/C13H13BrN2O3/c1-8-7-12(16-19-8)15-13(17)9(2)18-11-6-4-3-5-10(11)14/h3-7,9H,1-2H3,(H,15,16,17)/t9-/m1/s1. The molecular formula is C13H13BrN2O3. The predicted octanol–water partition coefficient (Wildman–Crippen LogP) is 3.15. The Morgan fingerprint density at radius 2 is 2.21 bits per heavy atom. The molecule has 1 N–H and O–H groups in total. The smallest absolute Gasteiger partial charge is 0.266 e. The number of benzene rings is 1. The summed E-state index contributed by atoms with van der Waals surface area (Å²) in [5.74, 6) is 1.34. The van der Waals surface area contributed by atoms with Gasteiger partial charge in [-0.1, -0.05) is 17.3 Å². The second-order valence-corrected chi connectivity index (χ2v) is 4.86. The minimum atomic E-state index is -0.643. The van der Waals surface area contributed by atoms with Crippen LogP contribution in [0.3, 0.4) is 0 Å². The normalized spacial score (nSPS) is 11.9. The van der Waals surface area contributed by atoms with Crippen LogP contribution in [0.2, 0.25) is 0 Å². The summed E-state index contributed by atoms with van der Waals surface area (Å²) >= 11 is 3.36. The van der Waals surface area contributed by atoms with E-state index in [0.29, 0.717) is 17.3 Å². The van der Waals surface area contributed by atoms with Crippen molar-refractivity contribution >= 4 is 27.7 Å². The average molecular weight is 325 g/mol. The Kier molecular flexibility index (Phi) is 4.21. The summed E-state index contributed by atoms with van der Waals surface area (Å²) in [6.45, 7) is 3.42. The van der Waals surface area contributed by atoms with E-state index < -0.39 is 6.10 Å². The Bertz CT molecular complexity index is 583. The van der Waals surface area contributed by atoms with Crippen LogP contribution >= 0.6 is 15.9 Å². The van der Waals surface area contributed by atoms with E-state index in [0.717, 1.165) is 4.47 Å². The molecule has 6 heteroatoms. The zero-order valence-electron chi connectivity index (χ0n) is 10.5. The summed E-state index contributed by atoms with van der Waals surface area (Å²) in [5.41, 5.74) is 0. The largest absolute Gasteiger partial charge is 0.480 e. The molecule has 1 aromatic heterocycles.